The van der Waals surface area contributed by atoms with Crippen LogP contribution in [-0.4, -0.2) is 59.0 Å². The van der Waals surface area contributed by atoms with Crippen molar-refractivity contribution >= 4 is 17.7 Å². The summed E-state index contributed by atoms with van der Waals surface area (Å²) in [6, 6.07) is 19.8. The van der Waals surface area contributed by atoms with Crippen molar-refractivity contribution in [2.75, 3.05) is 19.7 Å². The normalized spacial score (nSPS) is 18.2. The van der Waals surface area contributed by atoms with E-state index in [0.717, 1.165) is 24.1 Å². The molecule has 2 aliphatic heterocycles. The van der Waals surface area contributed by atoms with Crippen LogP contribution >= 0.6 is 0 Å². The minimum atomic E-state index is -4.50. The second-order valence-corrected chi connectivity index (χ2v) is 10.6. The first-order valence-electron chi connectivity index (χ1n) is 14.0. The fourth-order valence-corrected chi connectivity index (χ4v) is 5.58. The number of carbonyl (C=O) groups excluding carboxylic acids is 3. The molecule has 2 aliphatic rings. The first kappa shape index (κ1) is 29.3. The Kier molecular flexibility index (Phi) is 8.36. The number of nitrogens with one attached hydrogen (secondary N) is 1. The Morgan fingerprint density at radius 3 is 2.19 bits per heavy atom. The Bertz CT molecular complexity index is 1440. The molecule has 0 aliphatic carbocycles. The molecule has 3 aromatic carbocycles. The van der Waals surface area contributed by atoms with E-state index < -0.39 is 29.4 Å². The van der Waals surface area contributed by atoms with Crippen LogP contribution in [0.3, 0.4) is 0 Å². The maximum Gasteiger partial charge on any atom is 0.416 e. The lowest BCUT2D eigenvalue weighted by molar-refractivity contribution is -0.137. The van der Waals surface area contributed by atoms with Gasteiger partial charge in [0.1, 0.15) is 11.8 Å². The molecule has 2 saturated heterocycles. The zero-order chi connectivity index (χ0) is 29.9. The molecular weight excluding hydrogens is 547 g/mol. The molecule has 7 nitrogen and oxygen atoms in total. The molecule has 5 rings (SSSR count). The van der Waals surface area contributed by atoms with Gasteiger partial charge in [-0.05, 0) is 53.9 Å². The Labute approximate surface area is 242 Å². The number of halogens is 3. The maximum atomic E-state index is 13.8. The molecule has 0 aromatic heterocycles. The summed E-state index contributed by atoms with van der Waals surface area (Å²) >= 11 is 0. The van der Waals surface area contributed by atoms with Crippen molar-refractivity contribution < 1.29 is 32.3 Å². The van der Waals surface area contributed by atoms with E-state index in [0.29, 0.717) is 37.1 Å². The Morgan fingerprint density at radius 1 is 0.881 bits per heavy atom. The molecule has 0 bridgehead atoms. The molecular formula is C32H32F3N3O4. The Morgan fingerprint density at radius 2 is 1.55 bits per heavy atom. The molecule has 42 heavy (non-hydrogen) atoms. The summed E-state index contributed by atoms with van der Waals surface area (Å²) in [5.41, 5.74) is 0.476. The van der Waals surface area contributed by atoms with Gasteiger partial charge in [0.15, 0.2) is 0 Å². The summed E-state index contributed by atoms with van der Waals surface area (Å²) in [6.07, 6.45) is -3.01. The topological polar surface area (TPSA) is 79.0 Å². The van der Waals surface area contributed by atoms with Gasteiger partial charge in [-0.3, -0.25) is 19.3 Å². The van der Waals surface area contributed by atoms with E-state index in [1.807, 2.05) is 31.2 Å². The summed E-state index contributed by atoms with van der Waals surface area (Å²) in [4.78, 5) is 43.6. The lowest BCUT2D eigenvalue weighted by Crippen LogP contribution is -2.59. The predicted octanol–water partition coefficient (Wildman–Crippen LogP) is 5.06. The van der Waals surface area contributed by atoms with Crippen LogP contribution in [0.25, 0.3) is 0 Å². The number of likely N-dealkylation sites (tertiary alicyclic amines) is 1. The molecule has 1 atom stereocenters. The zero-order valence-electron chi connectivity index (χ0n) is 23.2. The third kappa shape index (κ3) is 6.04. The first-order valence-corrected chi connectivity index (χ1v) is 14.0. The van der Waals surface area contributed by atoms with Crippen molar-refractivity contribution in [1.82, 2.24) is 15.1 Å². The van der Waals surface area contributed by atoms with Crippen LogP contribution in [0.5, 0.6) is 0 Å². The van der Waals surface area contributed by atoms with Crippen LogP contribution in [0.2, 0.25) is 0 Å². The molecule has 2 fully saturated rings. The highest BCUT2D eigenvalue weighted by Crippen LogP contribution is 2.39. The molecule has 10 heteroatoms. The summed E-state index contributed by atoms with van der Waals surface area (Å²) in [6.45, 7) is 2.49. The molecule has 3 amide bonds. The number of ether oxygens (including phenoxy) is 1. The van der Waals surface area contributed by atoms with Crippen LogP contribution in [-0.2, 0) is 28.7 Å². The number of hydrogen-bond donors (Lipinski definition) is 1. The zero-order valence-corrected chi connectivity index (χ0v) is 23.2. The molecule has 2 heterocycles. The van der Waals surface area contributed by atoms with E-state index in [9.17, 15) is 27.6 Å². The highest BCUT2D eigenvalue weighted by molar-refractivity contribution is 5.98. The summed E-state index contributed by atoms with van der Waals surface area (Å²) in [5, 5.41) is 2.69. The minimum Gasteiger partial charge on any atom is -0.353 e. The van der Waals surface area contributed by atoms with Gasteiger partial charge in [-0.1, -0.05) is 49.4 Å². The smallest absolute Gasteiger partial charge is 0.353 e. The van der Waals surface area contributed by atoms with Crippen LogP contribution in [0, 0.1) is 0 Å². The van der Waals surface area contributed by atoms with Gasteiger partial charge in [0.25, 0.3) is 11.8 Å². The van der Waals surface area contributed by atoms with E-state index in [2.05, 4.69) is 5.32 Å². The average Bonchev–Trinajstić information content (AvgIpc) is 3.38. The van der Waals surface area contributed by atoms with Gasteiger partial charge in [0.05, 0.1) is 12.2 Å². The van der Waals surface area contributed by atoms with Gasteiger partial charge in [-0.2, -0.15) is 13.2 Å². The number of carbonyl (C=O) groups is 3. The summed E-state index contributed by atoms with van der Waals surface area (Å²) in [7, 11) is 0. The van der Waals surface area contributed by atoms with Crippen molar-refractivity contribution in [3.05, 3.63) is 107 Å². The lowest BCUT2D eigenvalue weighted by atomic mass is 9.96. The van der Waals surface area contributed by atoms with E-state index in [-0.39, 0.29) is 30.5 Å². The van der Waals surface area contributed by atoms with Crippen molar-refractivity contribution in [2.24, 2.45) is 0 Å². The monoisotopic (exact) mass is 579 g/mol. The van der Waals surface area contributed by atoms with Crippen molar-refractivity contribution in [3.8, 4) is 0 Å². The predicted molar refractivity (Wildman–Crippen MR) is 149 cm³/mol. The van der Waals surface area contributed by atoms with E-state index in [1.54, 1.807) is 35.2 Å². The highest BCUT2D eigenvalue weighted by atomic mass is 19.4. The highest BCUT2D eigenvalue weighted by Gasteiger charge is 2.54. The largest absolute Gasteiger partial charge is 0.416 e. The number of benzene rings is 3. The number of alkyl halides is 3. The molecule has 220 valence electrons. The fraction of sp³-hybridized carbons (Fsp3) is 0.344. The molecule has 0 saturated carbocycles. The van der Waals surface area contributed by atoms with Gasteiger partial charge in [0, 0.05) is 43.6 Å². The van der Waals surface area contributed by atoms with E-state index in [4.69, 9.17) is 4.74 Å². The van der Waals surface area contributed by atoms with Gasteiger partial charge >= 0.3 is 6.18 Å². The van der Waals surface area contributed by atoms with Crippen molar-refractivity contribution in [2.45, 2.75) is 50.7 Å². The van der Waals surface area contributed by atoms with Gasteiger partial charge in [-0.15, -0.1) is 0 Å². The number of hydrogen-bond acceptors (Lipinski definition) is 4. The third-order valence-corrected chi connectivity index (χ3v) is 7.96. The minimum absolute atomic E-state index is 0.0700. The van der Waals surface area contributed by atoms with Gasteiger partial charge in [-0.25, -0.2) is 0 Å². The average molecular weight is 580 g/mol. The second kappa shape index (κ2) is 12.0. The third-order valence-electron chi connectivity index (χ3n) is 7.96. The van der Waals surface area contributed by atoms with E-state index >= 15 is 0 Å². The molecule has 1 N–H and O–H groups in total. The first-order chi connectivity index (χ1) is 20.1. The molecule has 0 unspecified atom stereocenters. The van der Waals surface area contributed by atoms with Crippen LogP contribution in [0.4, 0.5) is 13.2 Å². The lowest BCUT2D eigenvalue weighted by Gasteiger charge is -2.44. The SMILES string of the molecule is CCc1ccc(C(=O)N2CCC3(CC2)OC[C@H](C(=O)NCc2cccc(C(F)(F)F)c2)N3C(=O)c2ccccc2)cc1. The number of piperidine rings is 1. The summed E-state index contributed by atoms with van der Waals surface area (Å²) < 4.78 is 45.7. The van der Waals surface area contributed by atoms with Crippen LogP contribution < -0.4 is 5.32 Å². The van der Waals surface area contributed by atoms with Crippen LogP contribution in [0.15, 0.2) is 78.9 Å². The van der Waals surface area contributed by atoms with Crippen LogP contribution in [0.1, 0.15) is 57.2 Å². The molecule has 1 spiro atoms. The molecule has 0 radical (unpaired) electrons. The number of aryl methyl sites for hydroxylation is 1. The molecule has 3 aromatic rings. The Hall–Kier alpha value is -4.18. The fourth-order valence-electron chi connectivity index (χ4n) is 5.58. The van der Waals surface area contributed by atoms with Crippen molar-refractivity contribution in [1.29, 1.82) is 0 Å². The van der Waals surface area contributed by atoms with Gasteiger partial charge in [0.2, 0.25) is 5.91 Å². The summed E-state index contributed by atoms with van der Waals surface area (Å²) in [5.74, 6) is -1.02. The maximum absolute atomic E-state index is 13.8. The quantitative estimate of drug-likeness (QED) is 0.443. The second-order valence-electron chi connectivity index (χ2n) is 10.6. The number of amides is 3. The number of rotatable bonds is 6. The Balaban J connectivity index is 1.33. The van der Waals surface area contributed by atoms with E-state index in [1.165, 1.54) is 17.0 Å². The standard InChI is InChI=1S/C32H32F3N3O4/c1-2-22-11-13-25(14-12-22)29(40)37-17-15-31(16-18-37)38(30(41)24-8-4-3-5-9-24)27(21-42-31)28(39)36-20-23-7-6-10-26(19-23)32(33,34)35/h3-14,19,27H,2,15-18,20-21H2,1H3,(H,36,39)/t27-/m1/s1. The van der Waals surface area contributed by atoms with Gasteiger partial charge < -0.3 is 15.0 Å². The van der Waals surface area contributed by atoms with Crippen molar-refractivity contribution in [3.63, 3.8) is 0 Å². The number of nitrogens with zero attached hydrogens (tertiary/aromatic N) is 2.